The molecule has 3 aromatic rings. The van der Waals surface area contributed by atoms with Crippen molar-refractivity contribution < 1.29 is 28.2 Å². The lowest BCUT2D eigenvalue weighted by Gasteiger charge is -2.15. The number of carbonyl (C=O) groups excluding carboxylic acids is 2. The molecule has 10 heteroatoms. The maximum atomic E-state index is 14.5. The van der Waals surface area contributed by atoms with Gasteiger partial charge in [-0.2, -0.15) is 0 Å². The number of rotatable bonds is 9. The van der Waals surface area contributed by atoms with Gasteiger partial charge in [0.05, 0.1) is 12.3 Å². The van der Waals surface area contributed by atoms with Crippen LogP contribution in [0.3, 0.4) is 0 Å². The van der Waals surface area contributed by atoms with Crippen molar-refractivity contribution in [2.45, 2.75) is 32.3 Å². The summed E-state index contributed by atoms with van der Waals surface area (Å²) in [7, 11) is -1.31. The van der Waals surface area contributed by atoms with E-state index in [1.807, 2.05) is 30.3 Å². The van der Waals surface area contributed by atoms with E-state index >= 15 is 0 Å². The number of aromatic nitrogens is 1. The molecular weight excluding hydrogens is 469 g/mol. The number of nitrogens with one attached hydrogen (secondary N) is 2. The molecule has 0 saturated heterocycles. The van der Waals surface area contributed by atoms with E-state index < -0.39 is 26.1 Å². The lowest BCUT2D eigenvalue weighted by atomic mass is 10.2. The Kier molecular flexibility index (Phi) is 8.79. The summed E-state index contributed by atoms with van der Waals surface area (Å²) in [5.74, 6) is 0.0679. The summed E-state index contributed by atoms with van der Waals surface area (Å²) >= 11 is 0. The van der Waals surface area contributed by atoms with Crippen molar-refractivity contribution in [1.29, 1.82) is 0 Å². The van der Waals surface area contributed by atoms with Crippen LogP contribution in [0.4, 0.5) is 25.5 Å². The van der Waals surface area contributed by atoms with E-state index in [2.05, 4.69) is 35.3 Å². The molecule has 1 heterocycles. The van der Waals surface area contributed by atoms with Crippen LogP contribution in [0.5, 0.6) is 11.5 Å². The Morgan fingerprint density at radius 1 is 0.914 bits per heavy atom. The minimum atomic E-state index is -1.31. The first kappa shape index (κ1) is 25.7. The number of carbonyl (C=O) groups is 2. The molecule has 3 rings (SSSR count). The first-order valence-corrected chi connectivity index (χ1v) is 14.7. The number of benzene rings is 2. The van der Waals surface area contributed by atoms with Crippen LogP contribution in [0.15, 0.2) is 66.9 Å². The minimum absolute atomic E-state index is 0.0476. The summed E-state index contributed by atoms with van der Waals surface area (Å²) in [6, 6.07) is 17.1. The van der Waals surface area contributed by atoms with E-state index in [4.69, 9.17) is 14.2 Å². The number of hydrogen-bond donors (Lipinski definition) is 2. The summed E-state index contributed by atoms with van der Waals surface area (Å²) in [6.07, 6.45) is 0.0682. The van der Waals surface area contributed by atoms with Crippen molar-refractivity contribution in [2.75, 3.05) is 17.2 Å². The Morgan fingerprint density at radius 2 is 1.63 bits per heavy atom. The second-order valence-electron chi connectivity index (χ2n) is 8.88. The van der Waals surface area contributed by atoms with Crippen LogP contribution in [0.25, 0.3) is 0 Å². The molecule has 0 radical (unpaired) electrons. The highest BCUT2D eigenvalue weighted by Crippen LogP contribution is 2.27. The molecule has 1 aromatic heterocycles. The van der Waals surface area contributed by atoms with Crippen LogP contribution < -0.4 is 15.4 Å². The van der Waals surface area contributed by atoms with Gasteiger partial charge >= 0.3 is 12.2 Å². The lowest BCUT2D eigenvalue weighted by molar-refractivity contribution is 0.155. The van der Waals surface area contributed by atoms with Crippen LogP contribution in [-0.2, 0) is 16.1 Å². The van der Waals surface area contributed by atoms with Crippen molar-refractivity contribution in [3.63, 3.8) is 0 Å². The molecule has 0 fully saturated rings. The van der Waals surface area contributed by atoms with Crippen molar-refractivity contribution >= 4 is 31.8 Å². The second-order valence-corrected chi connectivity index (χ2v) is 14.5. The SMILES string of the molecule is C[Si](C)(C)CCOC(=O)Nc1cc(Oc2ccc(NC(=O)OCc3ccccc3)c(F)c2)ccn1. The zero-order chi connectivity index (χ0) is 25.3. The Morgan fingerprint density at radius 3 is 2.34 bits per heavy atom. The fourth-order valence-electron chi connectivity index (χ4n) is 2.80. The third kappa shape index (κ3) is 9.09. The number of pyridine rings is 1. The summed E-state index contributed by atoms with van der Waals surface area (Å²) in [6.45, 7) is 7.00. The average molecular weight is 498 g/mol. The van der Waals surface area contributed by atoms with Crippen LogP contribution >= 0.6 is 0 Å². The van der Waals surface area contributed by atoms with Gasteiger partial charge in [-0.15, -0.1) is 0 Å². The van der Waals surface area contributed by atoms with E-state index in [-0.39, 0.29) is 23.9 Å². The molecule has 0 bridgehead atoms. The zero-order valence-corrected chi connectivity index (χ0v) is 20.8. The van der Waals surface area contributed by atoms with Gasteiger partial charge in [0.2, 0.25) is 0 Å². The van der Waals surface area contributed by atoms with E-state index in [1.165, 1.54) is 24.4 Å². The van der Waals surface area contributed by atoms with Crippen LogP contribution in [-0.4, -0.2) is 31.9 Å². The monoisotopic (exact) mass is 497 g/mol. The maximum absolute atomic E-state index is 14.5. The van der Waals surface area contributed by atoms with Gasteiger partial charge in [0.1, 0.15) is 23.9 Å². The van der Waals surface area contributed by atoms with Gasteiger partial charge in [0.15, 0.2) is 5.82 Å². The molecule has 0 saturated carbocycles. The van der Waals surface area contributed by atoms with E-state index in [1.54, 1.807) is 6.07 Å². The van der Waals surface area contributed by atoms with Crippen molar-refractivity contribution in [2.24, 2.45) is 0 Å². The molecule has 0 atom stereocenters. The molecule has 0 unspecified atom stereocenters. The van der Waals surface area contributed by atoms with Gasteiger partial charge in [-0.1, -0.05) is 50.0 Å². The third-order valence-electron chi connectivity index (χ3n) is 4.67. The molecule has 8 nitrogen and oxygen atoms in total. The molecule has 35 heavy (non-hydrogen) atoms. The number of amides is 2. The number of nitrogens with zero attached hydrogens (tertiary/aromatic N) is 1. The summed E-state index contributed by atoms with van der Waals surface area (Å²) < 4.78 is 30.5. The van der Waals surface area contributed by atoms with Gasteiger partial charge in [-0.25, -0.2) is 19.0 Å². The first-order valence-electron chi connectivity index (χ1n) is 11.0. The molecule has 2 N–H and O–H groups in total. The van der Waals surface area contributed by atoms with Gasteiger partial charge in [-0.05, 0) is 29.8 Å². The number of halogens is 1. The smallest absolute Gasteiger partial charge is 0.412 e. The molecule has 0 aliphatic carbocycles. The number of anilines is 2. The maximum Gasteiger partial charge on any atom is 0.412 e. The Labute approximate surface area is 204 Å². The first-order chi connectivity index (χ1) is 16.7. The normalized spacial score (nSPS) is 10.9. The summed E-state index contributed by atoms with van der Waals surface area (Å²) in [4.78, 5) is 28.0. The van der Waals surface area contributed by atoms with Gasteiger partial charge in [-0.3, -0.25) is 10.6 Å². The fraction of sp³-hybridized carbons (Fsp3) is 0.240. The average Bonchev–Trinajstić information content (AvgIpc) is 2.79. The molecule has 2 amide bonds. The van der Waals surface area contributed by atoms with Gasteiger partial charge in [0.25, 0.3) is 0 Å². The molecule has 0 aliphatic rings. The number of hydrogen-bond acceptors (Lipinski definition) is 6. The summed E-state index contributed by atoms with van der Waals surface area (Å²) in [5.41, 5.74) is 0.770. The van der Waals surface area contributed by atoms with Crippen LogP contribution in [0.2, 0.25) is 25.7 Å². The Hall–Kier alpha value is -3.92. The van der Waals surface area contributed by atoms with Gasteiger partial charge < -0.3 is 14.2 Å². The Bertz CT molecular complexity index is 1160. The fourth-order valence-corrected chi connectivity index (χ4v) is 3.51. The van der Waals surface area contributed by atoms with E-state index in [0.29, 0.717) is 12.4 Å². The van der Waals surface area contributed by atoms with Crippen LogP contribution in [0.1, 0.15) is 5.56 Å². The third-order valence-corrected chi connectivity index (χ3v) is 6.38. The highest BCUT2D eigenvalue weighted by atomic mass is 28.3. The predicted molar refractivity (Wildman–Crippen MR) is 134 cm³/mol. The van der Waals surface area contributed by atoms with Gasteiger partial charge in [0, 0.05) is 26.4 Å². The molecule has 0 aliphatic heterocycles. The standard InChI is InChI=1S/C25H28FN3O5Si/c1-35(2,3)14-13-32-25(31)29-23-16-20(11-12-27-23)34-19-9-10-22(21(26)15-19)28-24(30)33-17-18-7-5-4-6-8-18/h4-12,15-16H,13-14,17H2,1-3H3,(H,28,30)(H,27,29,31). The van der Waals surface area contributed by atoms with Crippen molar-refractivity contribution in [3.05, 3.63) is 78.2 Å². The van der Waals surface area contributed by atoms with Crippen LogP contribution in [0, 0.1) is 5.82 Å². The molecular formula is C25H28FN3O5Si. The second kappa shape index (κ2) is 12.0. The molecule has 0 spiro atoms. The highest BCUT2D eigenvalue weighted by Gasteiger charge is 2.14. The largest absolute Gasteiger partial charge is 0.457 e. The van der Waals surface area contributed by atoms with Crippen molar-refractivity contribution in [1.82, 2.24) is 4.98 Å². The predicted octanol–water partition coefficient (Wildman–Crippen LogP) is 6.65. The quantitative estimate of drug-likeness (QED) is 0.321. The van der Waals surface area contributed by atoms with Crippen molar-refractivity contribution in [3.8, 4) is 11.5 Å². The number of ether oxygens (including phenoxy) is 3. The topological polar surface area (TPSA) is 98.8 Å². The Balaban J connectivity index is 1.52. The highest BCUT2D eigenvalue weighted by molar-refractivity contribution is 6.76. The minimum Gasteiger partial charge on any atom is -0.457 e. The van der Waals surface area contributed by atoms with E-state index in [0.717, 1.165) is 17.7 Å². The zero-order valence-electron chi connectivity index (χ0n) is 19.8. The molecule has 184 valence electrons. The van der Waals surface area contributed by atoms with E-state index in [9.17, 15) is 14.0 Å². The molecule has 2 aromatic carbocycles. The lowest BCUT2D eigenvalue weighted by Crippen LogP contribution is -2.24. The summed E-state index contributed by atoms with van der Waals surface area (Å²) in [5, 5.41) is 4.92.